The summed E-state index contributed by atoms with van der Waals surface area (Å²) in [5.41, 5.74) is 5.56. The highest BCUT2D eigenvalue weighted by Gasteiger charge is 2.33. The van der Waals surface area contributed by atoms with Gasteiger partial charge in [0.2, 0.25) is 17.7 Å². The molecule has 7 unspecified atom stereocenters. The molecule has 0 aromatic carbocycles. The highest BCUT2D eigenvalue weighted by Crippen LogP contribution is 2.09. The summed E-state index contributed by atoms with van der Waals surface area (Å²) in [6, 6.07) is -5.54. The Morgan fingerprint density at radius 1 is 0.862 bits per heavy atom. The summed E-state index contributed by atoms with van der Waals surface area (Å²) in [7, 11) is 0. The van der Waals surface area contributed by atoms with Gasteiger partial charge in [-0.25, -0.2) is 4.79 Å². The number of aliphatic hydroxyl groups excluding tert-OH is 3. The third-order valence-electron chi connectivity index (χ3n) is 4.48. The average Bonchev–Trinajstić information content (AvgIpc) is 2.65. The zero-order valence-electron chi connectivity index (χ0n) is 17.0. The Kier molecular flexibility index (Phi) is 11.3. The van der Waals surface area contributed by atoms with E-state index in [2.05, 4.69) is 10.6 Å². The third-order valence-corrected chi connectivity index (χ3v) is 4.48. The minimum absolute atomic E-state index is 0.383. The fraction of sp³-hybridized carbons (Fsp3) is 0.765. The van der Waals surface area contributed by atoms with Gasteiger partial charge in [-0.3, -0.25) is 14.4 Å². The lowest BCUT2D eigenvalue weighted by molar-refractivity contribution is -0.145. The molecule has 3 amide bonds. The first-order chi connectivity index (χ1) is 13.4. The summed E-state index contributed by atoms with van der Waals surface area (Å²) in [5.74, 6) is -4.47. The molecule has 0 bridgehead atoms. The van der Waals surface area contributed by atoms with Crippen molar-refractivity contribution in [3.63, 3.8) is 0 Å². The van der Waals surface area contributed by atoms with Gasteiger partial charge in [0, 0.05) is 0 Å². The van der Waals surface area contributed by atoms with Crippen LogP contribution in [0.25, 0.3) is 0 Å². The summed E-state index contributed by atoms with van der Waals surface area (Å²) in [6.07, 6.45) is -2.10. The summed E-state index contributed by atoms with van der Waals surface area (Å²) >= 11 is 0. The van der Waals surface area contributed by atoms with Gasteiger partial charge in [0.05, 0.1) is 18.8 Å². The molecule has 168 valence electrons. The van der Waals surface area contributed by atoms with Crippen molar-refractivity contribution >= 4 is 23.7 Å². The SMILES string of the molecule is CCC(C)C(NC(=O)C(N)C(C)O)C(=O)NC(CO)C(=O)NC(C(=O)O)C(C)O. The van der Waals surface area contributed by atoms with E-state index in [0.29, 0.717) is 6.42 Å². The first-order valence-corrected chi connectivity index (χ1v) is 9.23. The zero-order chi connectivity index (χ0) is 22.9. The van der Waals surface area contributed by atoms with E-state index in [1.807, 2.05) is 5.32 Å². The van der Waals surface area contributed by atoms with Crippen LogP contribution < -0.4 is 21.7 Å². The first-order valence-electron chi connectivity index (χ1n) is 9.23. The molecule has 0 fully saturated rings. The second-order valence-corrected chi connectivity index (χ2v) is 6.95. The van der Waals surface area contributed by atoms with Gasteiger partial charge >= 0.3 is 5.97 Å². The molecule has 0 aliphatic rings. The Labute approximate surface area is 168 Å². The van der Waals surface area contributed by atoms with Crippen LogP contribution in [0.5, 0.6) is 0 Å². The number of carbonyl (C=O) groups is 4. The summed E-state index contributed by atoms with van der Waals surface area (Å²) < 4.78 is 0. The minimum atomic E-state index is -1.64. The molecule has 9 N–H and O–H groups in total. The van der Waals surface area contributed by atoms with E-state index < -0.39 is 66.7 Å². The van der Waals surface area contributed by atoms with Crippen LogP contribution in [0.2, 0.25) is 0 Å². The predicted octanol–water partition coefficient (Wildman–Crippen LogP) is -3.35. The molecule has 0 rings (SSSR count). The lowest BCUT2D eigenvalue weighted by Gasteiger charge is -2.28. The third kappa shape index (κ3) is 8.31. The van der Waals surface area contributed by atoms with E-state index in [-0.39, 0.29) is 5.92 Å². The molecule has 0 aromatic rings. The summed E-state index contributed by atoms with van der Waals surface area (Å²) in [6.45, 7) is 5.06. The van der Waals surface area contributed by atoms with Crippen molar-refractivity contribution in [2.45, 2.75) is 70.5 Å². The van der Waals surface area contributed by atoms with Gasteiger partial charge in [0.1, 0.15) is 18.1 Å². The van der Waals surface area contributed by atoms with Gasteiger partial charge in [-0.15, -0.1) is 0 Å². The Balaban J connectivity index is 5.31. The Bertz CT molecular complexity index is 584. The maximum absolute atomic E-state index is 12.6. The van der Waals surface area contributed by atoms with Crippen LogP contribution in [0.1, 0.15) is 34.1 Å². The lowest BCUT2D eigenvalue weighted by Crippen LogP contribution is -2.61. The molecule has 0 aromatic heterocycles. The summed E-state index contributed by atoms with van der Waals surface area (Å²) in [5, 5.41) is 44.0. The van der Waals surface area contributed by atoms with Crippen molar-refractivity contribution in [1.82, 2.24) is 16.0 Å². The Hall–Kier alpha value is -2.28. The molecule has 12 nitrogen and oxygen atoms in total. The average molecular weight is 420 g/mol. The maximum atomic E-state index is 12.6. The minimum Gasteiger partial charge on any atom is -0.480 e. The number of rotatable bonds is 12. The highest BCUT2D eigenvalue weighted by molar-refractivity contribution is 5.94. The molecule has 0 spiro atoms. The van der Waals surface area contributed by atoms with E-state index in [1.165, 1.54) is 6.92 Å². The number of amides is 3. The molecule has 0 heterocycles. The topological polar surface area (TPSA) is 211 Å². The lowest BCUT2D eigenvalue weighted by atomic mass is 9.97. The number of nitrogens with one attached hydrogen (secondary N) is 3. The number of hydrogen-bond acceptors (Lipinski definition) is 8. The smallest absolute Gasteiger partial charge is 0.328 e. The fourth-order valence-corrected chi connectivity index (χ4v) is 2.27. The van der Waals surface area contributed by atoms with E-state index in [0.717, 1.165) is 6.92 Å². The van der Waals surface area contributed by atoms with Gasteiger partial charge in [-0.05, 0) is 19.8 Å². The Morgan fingerprint density at radius 2 is 1.38 bits per heavy atom. The fourth-order valence-electron chi connectivity index (χ4n) is 2.27. The zero-order valence-corrected chi connectivity index (χ0v) is 17.0. The van der Waals surface area contributed by atoms with Crippen molar-refractivity contribution in [2.75, 3.05) is 6.61 Å². The molecule has 0 saturated carbocycles. The van der Waals surface area contributed by atoms with Crippen LogP contribution in [0.3, 0.4) is 0 Å². The highest BCUT2D eigenvalue weighted by atomic mass is 16.4. The normalized spacial score (nSPS) is 18.3. The standard InChI is InChI=1S/C17H32N4O8/c1-5-7(2)12(20-15(26)11(18)8(3)23)16(27)19-10(6-22)14(25)21-13(9(4)24)17(28)29/h7-13,22-24H,5-6,18H2,1-4H3,(H,19,27)(H,20,26)(H,21,25)(H,28,29). The largest absolute Gasteiger partial charge is 0.480 e. The monoisotopic (exact) mass is 420 g/mol. The predicted molar refractivity (Wildman–Crippen MR) is 101 cm³/mol. The van der Waals surface area contributed by atoms with Crippen molar-refractivity contribution in [3.05, 3.63) is 0 Å². The van der Waals surface area contributed by atoms with Crippen molar-refractivity contribution in [2.24, 2.45) is 11.7 Å². The molecule has 7 atom stereocenters. The Morgan fingerprint density at radius 3 is 1.76 bits per heavy atom. The van der Waals surface area contributed by atoms with Crippen LogP contribution in [-0.2, 0) is 19.2 Å². The number of aliphatic carboxylic acids is 1. The maximum Gasteiger partial charge on any atom is 0.328 e. The molecule has 0 radical (unpaired) electrons. The number of nitrogens with two attached hydrogens (primary N) is 1. The van der Waals surface area contributed by atoms with Crippen molar-refractivity contribution in [3.8, 4) is 0 Å². The molecular weight excluding hydrogens is 388 g/mol. The molecule has 0 saturated heterocycles. The molecule has 0 aliphatic heterocycles. The second kappa shape index (κ2) is 12.3. The van der Waals surface area contributed by atoms with Crippen molar-refractivity contribution in [1.29, 1.82) is 0 Å². The quantitative estimate of drug-likeness (QED) is 0.158. The van der Waals surface area contributed by atoms with E-state index in [1.54, 1.807) is 13.8 Å². The van der Waals surface area contributed by atoms with E-state index >= 15 is 0 Å². The van der Waals surface area contributed by atoms with Gasteiger partial charge in [-0.2, -0.15) is 0 Å². The summed E-state index contributed by atoms with van der Waals surface area (Å²) in [4.78, 5) is 48.0. The van der Waals surface area contributed by atoms with Gasteiger partial charge in [0.25, 0.3) is 0 Å². The van der Waals surface area contributed by atoms with Crippen molar-refractivity contribution < 1.29 is 39.6 Å². The molecular formula is C17H32N4O8. The van der Waals surface area contributed by atoms with E-state index in [9.17, 15) is 34.5 Å². The first kappa shape index (κ1) is 26.7. The second-order valence-electron chi connectivity index (χ2n) is 6.95. The number of aliphatic hydroxyl groups is 3. The number of hydrogen-bond donors (Lipinski definition) is 8. The van der Waals surface area contributed by atoms with Gasteiger partial charge in [0.15, 0.2) is 6.04 Å². The molecule has 12 heteroatoms. The molecule has 29 heavy (non-hydrogen) atoms. The van der Waals surface area contributed by atoms with E-state index in [4.69, 9.17) is 10.8 Å². The number of carboxylic acid groups (broad SMARTS) is 1. The van der Waals surface area contributed by atoms with Crippen LogP contribution in [0.4, 0.5) is 0 Å². The van der Waals surface area contributed by atoms with Crippen LogP contribution in [0, 0.1) is 5.92 Å². The number of carboxylic acids is 1. The van der Waals surface area contributed by atoms with Gasteiger partial charge in [-0.1, -0.05) is 20.3 Å². The van der Waals surface area contributed by atoms with Gasteiger partial charge < -0.3 is 42.1 Å². The van der Waals surface area contributed by atoms with Crippen LogP contribution in [0.15, 0.2) is 0 Å². The van der Waals surface area contributed by atoms with Crippen LogP contribution >= 0.6 is 0 Å². The molecule has 0 aliphatic carbocycles. The number of carbonyl (C=O) groups excluding carboxylic acids is 3. The van der Waals surface area contributed by atoms with Crippen LogP contribution in [-0.4, -0.2) is 87.1 Å².